The molecule has 1 aliphatic heterocycles. The van der Waals surface area contributed by atoms with Crippen LogP contribution >= 0.6 is 0 Å². The Morgan fingerprint density at radius 1 is 1.50 bits per heavy atom. The molecule has 0 spiro atoms. The van der Waals surface area contributed by atoms with Gasteiger partial charge in [-0.1, -0.05) is 5.16 Å². The Kier molecular flexibility index (Phi) is 4.77. The van der Waals surface area contributed by atoms with E-state index in [1.54, 1.807) is 6.07 Å². The normalized spacial score (nSPS) is 20.6. The molecule has 6 nitrogen and oxygen atoms in total. The average molecular weight is 281 g/mol. The number of aromatic nitrogens is 1. The highest BCUT2D eigenvalue weighted by Crippen LogP contribution is 2.22. The van der Waals surface area contributed by atoms with Gasteiger partial charge in [-0.25, -0.2) is 0 Å². The fourth-order valence-electron chi connectivity index (χ4n) is 2.60. The van der Waals surface area contributed by atoms with Gasteiger partial charge in [-0.3, -0.25) is 15.0 Å². The molecule has 0 aromatic carbocycles. The Labute approximate surface area is 119 Å². The first-order chi connectivity index (χ1) is 9.47. The van der Waals surface area contributed by atoms with Gasteiger partial charge in [0, 0.05) is 6.07 Å². The number of rotatable bonds is 4. The first kappa shape index (κ1) is 15.0. The maximum absolute atomic E-state index is 12.1. The summed E-state index contributed by atoms with van der Waals surface area (Å²) in [6.45, 7) is 7.20. The molecule has 1 saturated heterocycles. The van der Waals surface area contributed by atoms with Crippen molar-refractivity contribution in [3.05, 3.63) is 11.8 Å². The molecular formula is C14H23N3O3. The minimum Gasteiger partial charge on any atom is -0.393 e. The lowest BCUT2D eigenvalue weighted by molar-refractivity contribution is -0.121. The summed E-state index contributed by atoms with van der Waals surface area (Å²) in [7, 11) is 0. The maximum atomic E-state index is 12.1. The number of aryl methyl sites for hydroxylation is 1. The molecule has 0 saturated carbocycles. The summed E-state index contributed by atoms with van der Waals surface area (Å²) in [6, 6.07) is 1.49. The molecule has 20 heavy (non-hydrogen) atoms. The van der Waals surface area contributed by atoms with Gasteiger partial charge in [-0.2, -0.15) is 0 Å². The van der Waals surface area contributed by atoms with Gasteiger partial charge in [-0.15, -0.1) is 0 Å². The molecule has 2 N–H and O–H groups in total. The lowest BCUT2D eigenvalue weighted by atomic mass is 9.91. The Bertz CT molecular complexity index is 450. The molecule has 1 aromatic heterocycles. The van der Waals surface area contributed by atoms with Crippen molar-refractivity contribution in [2.24, 2.45) is 5.92 Å². The Morgan fingerprint density at radius 3 is 2.65 bits per heavy atom. The van der Waals surface area contributed by atoms with Crippen molar-refractivity contribution in [1.29, 1.82) is 0 Å². The molecule has 2 atom stereocenters. The summed E-state index contributed by atoms with van der Waals surface area (Å²) >= 11 is 0. The molecule has 2 heterocycles. The third kappa shape index (κ3) is 3.58. The zero-order valence-corrected chi connectivity index (χ0v) is 12.3. The van der Waals surface area contributed by atoms with Crippen molar-refractivity contribution < 1.29 is 14.4 Å². The topological polar surface area (TPSA) is 78.6 Å². The second kappa shape index (κ2) is 6.37. The second-order valence-corrected chi connectivity index (χ2v) is 5.61. The molecule has 1 amide bonds. The number of aliphatic hydroxyl groups excluding tert-OH is 1. The number of anilines is 1. The van der Waals surface area contributed by atoms with E-state index in [1.165, 1.54) is 0 Å². The summed E-state index contributed by atoms with van der Waals surface area (Å²) < 4.78 is 4.99. The van der Waals surface area contributed by atoms with Crippen LogP contribution in [-0.2, 0) is 4.79 Å². The minimum absolute atomic E-state index is 0.0864. The van der Waals surface area contributed by atoms with E-state index in [4.69, 9.17) is 4.52 Å². The van der Waals surface area contributed by atoms with Crippen LogP contribution in [0.25, 0.3) is 0 Å². The van der Waals surface area contributed by atoms with Crippen molar-refractivity contribution in [1.82, 2.24) is 10.1 Å². The molecule has 2 unspecified atom stereocenters. The van der Waals surface area contributed by atoms with Crippen molar-refractivity contribution in [2.45, 2.75) is 45.8 Å². The largest absolute Gasteiger partial charge is 0.393 e. The number of nitrogens with one attached hydrogen (secondary N) is 1. The zero-order valence-electron chi connectivity index (χ0n) is 12.3. The van der Waals surface area contributed by atoms with E-state index < -0.39 is 0 Å². The van der Waals surface area contributed by atoms with E-state index in [0.29, 0.717) is 11.8 Å². The zero-order chi connectivity index (χ0) is 14.7. The van der Waals surface area contributed by atoms with Gasteiger partial charge < -0.3 is 9.63 Å². The lowest BCUT2D eigenvalue weighted by Gasteiger charge is -2.36. The summed E-state index contributed by atoms with van der Waals surface area (Å²) in [4.78, 5) is 14.3. The van der Waals surface area contributed by atoms with Crippen molar-refractivity contribution >= 4 is 11.8 Å². The van der Waals surface area contributed by atoms with Gasteiger partial charge in [0.05, 0.1) is 17.8 Å². The third-order valence-electron chi connectivity index (χ3n) is 4.06. The van der Waals surface area contributed by atoms with Gasteiger partial charge in [0.1, 0.15) is 0 Å². The predicted octanol–water partition coefficient (Wildman–Crippen LogP) is 1.40. The fourth-order valence-corrected chi connectivity index (χ4v) is 2.60. The number of piperidine rings is 1. The van der Waals surface area contributed by atoms with Crippen LogP contribution in [0.2, 0.25) is 0 Å². The summed E-state index contributed by atoms with van der Waals surface area (Å²) in [5, 5.41) is 16.1. The fraction of sp³-hybridized carbons (Fsp3) is 0.714. The van der Waals surface area contributed by atoms with Crippen molar-refractivity contribution in [3.63, 3.8) is 0 Å². The van der Waals surface area contributed by atoms with E-state index in [1.807, 2.05) is 20.8 Å². The van der Waals surface area contributed by atoms with E-state index in [9.17, 15) is 9.90 Å². The number of likely N-dealkylation sites (tertiary alicyclic amines) is 1. The molecule has 6 heteroatoms. The van der Waals surface area contributed by atoms with Crippen LogP contribution in [0.3, 0.4) is 0 Å². The van der Waals surface area contributed by atoms with E-state index in [0.717, 1.165) is 31.6 Å². The van der Waals surface area contributed by atoms with Crippen LogP contribution in [0.15, 0.2) is 10.6 Å². The minimum atomic E-state index is -0.265. The highest BCUT2D eigenvalue weighted by Gasteiger charge is 2.28. The third-order valence-corrected chi connectivity index (χ3v) is 4.06. The molecule has 0 bridgehead atoms. The van der Waals surface area contributed by atoms with Gasteiger partial charge in [0.2, 0.25) is 11.8 Å². The van der Waals surface area contributed by atoms with Gasteiger partial charge in [-0.05, 0) is 52.6 Å². The Hall–Kier alpha value is -1.40. The van der Waals surface area contributed by atoms with Crippen LogP contribution in [0.4, 0.5) is 5.88 Å². The number of amides is 1. The number of nitrogens with zero attached hydrogens (tertiary/aromatic N) is 2. The van der Waals surface area contributed by atoms with Crippen LogP contribution in [0.1, 0.15) is 32.4 Å². The molecule has 1 aliphatic rings. The number of carbonyl (C=O) groups is 1. The Balaban J connectivity index is 1.85. The molecule has 0 radical (unpaired) electrons. The van der Waals surface area contributed by atoms with Crippen LogP contribution in [-0.4, -0.2) is 46.3 Å². The quantitative estimate of drug-likeness (QED) is 0.872. The first-order valence-corrected chi connectivity index (χ1v) is 7.13. The summed E-state index contributed by atoms with van der Waals surface area (Å²) in [6.07, 6.45) is 1.59. The average Bonchev–Trinajstić information content (AvgIpc) is 2.83. The van der Waals surface area contributed by atoms with Gasteiger partial charge in [0.15, 0.2) is 0 Å². The van der Waals surface area contributed by atoms with Crippen LogP contribution in [0.5, 0.6) is 0 Å². The van der Waals surface area contributed by atoms with E-state index >= 15 is 0 Å². The molecule has 1 aromatic rings. The molecule has 1 fully saturated rings. The van der Waals surface area contributed by atoms with Gasteiger partial charge in [0.25, 0.3) is 0 Å². The van der Waals surface area contributed by atoms with Gasteiger partial charge >= 0.3 is 0 Å². The highest BCUT2D eigenvalue weighted by atomic mass is 16.5. The molecule has 0 aliphatic carbocycles. The number of hydrogen-bond donors (Lipinski definition) is 2. The van der Waals surface area contributed by atoms with Crippen molar-refractivity contribution in [3.8, 4) is 0 Å². The second-order valence-electron chi connectivity index (χ2n) is 5.61. The van der Waals surface area contributed by atoms with Crippen LogP contribution in [0, 0.1) is 12.8 Å². The smallest absolute Gasteiger partial charge is 0.243 e. The van der Waals surface area contributed by atoms with E-state index in [-0.39, 0.29) is 18.1 Å². The summed E-state index contributed by atoms with van der Waals surface area (Å²) in [5.74, 6) is 0.647. The molecule has 2 rings (SSSR count). The van der Waals surface area contributed by atoms with Crippen LogP contribution < -0.4 is 5.32 Å². The highest BCUT2D eigenvalue weighted by molar-refractivity contribution is 5.93. The van der Waals surface area contributed by atoms with E-state index in [2.05, 4.69) is 15.4 Å². The standard InChI is InChI=1S/C14H23N3O3/c1-9-8-13(20-16-9)15-14(19)10(2)17-6-4-12(5-7-17)11(3)18/h8,10-12,18H,4-7H2,1-3H3,(H,15,19). The number of carbonyl (C=O) groups excluding carboxylic acids is 1. The summed E-state index contributed by atoms with van der Waals surface area (Å²) in [5.41, 5.74) is 0.741. The number of aliphatic hydroxyl groups is 1. The molecular weight excluding hydrogens is 258 g/mol. The number of hydrogen-bond acceptors (Lipinski definition) is 5. The predicted molar refractivity (Wildman–Crippen MR) is 75.3 cm³/mol. The Morgan fingerprint density at radius 2 is 2.15 bits per heavy atom. The lowest BCUT2D eigenvalue weighted by Crippen LogP contribution is -2.47. The van der Waals surface area contributed by atoms with Crippen molar-refractivity contribution in [2.75, 3.05) is 18.4 Å². The first-order valence-electron chi connectivity index (χ1n) is 7.13. The monoisotopic (exact) mass is 281 g/mol. The maximum Gasteiger partial charge on any atom is 0.243 e. The molecule has 112 valence electrons. The SMILES string of the molecule is Cc1cc(NC(=O)C(C)N2CCC(C(C)O)CC2)on1.